The average Bonchev–Trinajstić information content (AvgIpc) is 4.53. The van der Waals surface area contributed by atoms with Gasteiger partial charge in [-0.1, -0.05) is 152 Å². The molecule has 0 fully saturated rings. The highest BCUT2D eigenvalue weighted by molar-refractivity contribution is 7.96. The van der Waals surface area contributed by atoms with Crippen LogP contribution in [0.5, 0.6) is 0 Å². The molecule has 1 atom stereocenters. The molecule has 1 aliphatic heterocycles. The molecule has 1 unspecified atom stereocenters. The van der Waals surface area contributed by atoms with Gasteiger partial charge in [0.2, 0.25) is 0 Å². The lowest BCUT2D eigenvalue weighted by atomic mass is 9.90. The first-order valence-electron chi connectivity index (χ1n) is 28.0. The molecule has 0 amide bonds. The minimum atomic E-state index is -0.0882. The van der Waals surface area contributed by atoms with Gasteiger partial charge in [0.1, 0.15) is 0 Å². The Morgan fingerprint density at radius 3 is 1.11 bits per heavy atom. The minimum absolute atomic E-state index is 0.0882. The van der Waals surface area contributed by atoms with E-state index in [-0.39, 0.29) is 6.04 Å². The van der Waals surface area contributed by atoms with Crippen molar-refractivity contribution in [3.8, 4) is 20.9 Å². The van der Waals surface area contributed by atoms with Gasteiger partial charge in [-0.15, -0.1) is 22.7 Å². The van der Waals surface area contributed by atoms with Crippen molar-refractivity contribution < 1.29 is 0 Å². The van der Waals surface area contributed by atoms with Gasteiger partial charge in [0.15, 0.2) is 0 Å². The summed E-state index contributed by atoms with van der Waals surface area (Å²) in [5.41, 5.74) is 18.7. The molecule has 6 nitrogen and oxygen atoms in total. The van der Waals surface area contributed by atoms with E-state index >= 15 is 0 Å². The summed E-state index contributed by atoms with van der Waals surface area (Å²) in [7, 11) is 0. The Labute approximate surface area is 498 Å². The lowest BCUT2D eigenvalue weighted by Crippen LogP contribution is -2.31. The fourth-order valence-corrected chi connectivity index (χ4v) is 14.1. The van der Waals surface area contributed by atoms with Crippen LogP contribution in [0.1, 0.15) is 22.6 Å². The van der Waals surface area contributed by atoms with Gasteiger partial charge >= 0.3 is 0 Å². The molecule has 0 radical (unpaired) electrons. The zero-order valence-electron chi connectivity index (χ0n) is 45.3. The van der Waals surface area contributed by atoms with Crippen LogP contribution in [0.2, 0.25) is 0 Å². The van der Waals surface area contributed by atoms with E-state index in [1.54, 1.807) is 0 Å². The number of anilines is 11. The number of hydrogen-bond donors (Lipinski definition) is 1. The highest BCUT2D eigenvalue weighted by Crippen LogP contribution is 2.48. The van der Waals surface area contributed by atoms with Gasteiger partial charge in [-0.05, 0) is 181 Å². The van der Waals surface area contributed by atoms with Crippen LogP contribution in [0.15, 0.2) is 313 Å². The van der Waals surface area contributed by atoms with Gasteiger partial charge in [-0.3, -0.25) is 0 Å². The fraction of sp³-hybridized carbons (Fsp3) is 0.0405. The molecule has 3 aliphatic rings. The summed E-state index contributed by atoms with van der Waals surface area (Å²) in [6, 6.07) is 97.9. The lowest BCUT2D eigenvalue weighted by Gasteiger charge is -2.31. The Bertz CT molecular complexity index is 3990. The van der Waals surface area contributed by atoms with Crippen LogP contribution >= 0.6 is 34.8 Å². The van der Waals surface area contributed by atoms with E-state index in [9.17, 15) is 0 Å². The zero-order valence-corrected chi connectivity index (χ0v) is 47.8. The number of thiophene rings is 2. The lowest BCUT2D eigenvalue weighted by molar-refractivity contribution is 0.997. The van der Waals surface area contributed by atoms with E-state index in [2.05, 4.69) is 328 Å². The monoisotopic (exact) mass is 1120 g/mol. The van der Waals surface area contributed by atoms with Crippen molar-refractivity contribution in [2.75, 3.05) is 19.6 Å². The van der Waals surface area contributed by atoms with Crippen molar-refractivity contribution in [2.45, 2.75) is 18.9 Å². The van der Waals surface area contributed by atoms with Crippen molar-refractivity contribution in [1.82, 2.24) is 4.72 Å². The number of rotatable bonds is 16. The Hall–Kier alpha value is -9.48. The van der Waals surface area contributed by atoms with Gasteiger partial charge in [-0.2, -0.15) is 0 Å². The number of hydrogen-bond acceptors (Lipinski definition) is 9. The normalized spacial score (nSPS) is 14.4. The number of nitrogens with one attached hydrogen (secondary N) is 1. The Morgan fingerprint density at radius 1 is 0.349 bits per heavy atom. The van der Waals surface area contributed by atoms with E-state index in [0.717, 1.165) is 97.8 Å². The second kappa shape index (κ2) is 23.5. The molecule has 1 N–H and O–H groups in total. The molecule has 400 valence electrons. The molecule has 3 heterocycles. The van der Waals surface area contributed by atoms with Crippen molar-refractivity contribution in [1.29, 1.82) is 0 Å². The van der Waals surface area contributed by atoms with Gasteiger partial charge in [-0.25, -0.2) is 9.12 Å². The van der Waals surface area contributed by atoms with E-state index in [1.165, 1.54) is 42.9 Å². The molecule has 83 heavy (non-hydrogen) atoms. The van der Waals surface area contributed by atoms with Crippen LogP contribution in [0, 0.1) is 0 Å². The van der Waals surface area contributed by atoms with Gasteiger partial charge < -0.3 is 19.6 Å². The van der Waals surface area contributed by atoms with Crippen LogP contribution in [0.3, 0.4) is 0 Å². The molecule has 2 aliphatic carbocycles. The zero-order chi connectivity index (χ0) is 55.3. The van der Waals surface area contributed by atoms with Crippen LogP contribution in [-0.4, -0.2) is 11.8 Å². The molecular weight excluding hydrogens is 1070 g/mol. The van der Waals surface area contributed by atoms with Gasteiger partial charge in [0, 0.05) is 93.3 Å². The summed E-state index contributed by atoms with van der Waals surface area (Å²) in [4.78, 5) is 14.2. The summed E-state index contributed by atoms with van der Waals surface area (Å²) < 4.78 is 8.84. The minimum Gasteiger partial charge on any atom is -0.311 e. The van der Waals surface area contributed by atoms with Crippen LogP contribution in [0.25, 0.3) is 32.0 Å². The second-order valence-corrected chi connectivity index (χ2v) is 23.2. The third-order valence-corrected chi connectivity index (χ3v) is 18.1. The highest BCUT2D eigenvalue weighted by atomic mass is 32.2. The SMILES string of the molecule is C1=CC(N(c2ccccc2)c2cc(-c3ccc(C4=CC=C(c5ccc(-c6cc(N(c7ccccc7)c7ccccc7)cc(N(c7ccccc7)c7ccccc7)c6)s5)C5=NSNC45)s3)cc(N(c3ccccc3)c3ccccc3)c2)=CCC1. The van der Waals surface area contributed by atoms with Crippen molar-refractivity contribution in [3.63, 3.8) is 0 Å². The van der Waals surface area contributed by atoms with E-state index in [1.807, 2.05) is 22.7 Å². The number of benzene rings is 9. The number of nitrogens with zero attached hydrogens (tertiary/aromatic N) is 5. The van der Waals surface area contributed by atoms with E-state index in [4.69, 9.17) is 4.40 Å². The fourth-order valence-electron chi connectivity index (χ4n) is 11.3. The number of para-hydroxylation sites is 7. The van der Waals surface area contributed by atoms with Gasteiger partial charge in [0.05, 0.1) is 23.9 Å². The van der Waals surface area contributed by atoms with E-state index in [0.29, 0.717) is 0 Å². The molecule has 11 aromatic rings. The first-order valence-corrected chi connectivity index (χ1v) is 30.4. The molecule has 9 aromatic carbocycles. The van der Waals surface area contributed by atoms with Crippen LogP contribution in [-0.2, 0) is 0 Å². The van der Waals surface area contributed by atoms with Crippen molar-refractivity contribution in [3.05, 3.63) is 319 Å². The Kier molecular flexibility index (Phi) is 14.7. The summed E-state index contributed by atoms with van der Waals surface area (Å²) in [6.45, 7) is 0. The molecule has 9 heteroatoms. The molecular formula is C74H56N6S3. The predicted molar refractivity (Wildman–Crippen MR) is 357 cm³/mol. The maximum Gasteiger partial charge on any atom is 0.0887 e. The smallest absolute Gasteiger partial charge is 0.0887 e. The summed E-state index contributed by atoms with van der Waals surface area (Å²) >= 11 is 5.08. The van der Waals surface area contributed by atoms with Crippen LogP contribution < -0.4 is 24.3 Å². The van der Waals surface area contributed by atoms with Crippen LogP contribution in [0.4, 0.5) is 62.6 Å². The molecule has 0 bridgehead atoms. The highest BCUT2D eigenvalue weighted by Gasteiger charge is 2.34. The van der Waals surface area contributed by atoms with Crippen molar-refractivity contribution in [2.24, 2.45) is 4.40 Å². The Morgan fingerprint density at radius 2 is 0.711 bits per heavy atom. The number of allylic oxidation sites excluding steroid dienone is 5. The third-order valence-electron chi connectivity index (χ3n) is 15.1. The molecule has 0 saturated heterocycles. The quantitative estimate of drug-likeness (QED) is 0.0972. The first kappa shape index (κ1) is 51.7. The maximum atomic E-state index is 5.13. The van der Waals surface area contributed by atoms with Crippen molar-refractivity contribution >= 4 is 114 Å². The largest absolute Gasteiger partial charge is 0.311 e. The summed E-state index contributed by atoms with van der Waals surface area (Å²) in [5, 5.41) is 0. The summed E-state index contributed by atoms with van der Waals surface area (Å²) in [5.74, 6) is 0. The van der Waals surface area contributed by atoms with E-state index < -0.39 is 0 Å². The second-order valence-electron chi connectivity index (χ2n) is 20.4. The molecule has 14 rings (SSSR count). The first-order chi connectivity index (χ1) is 41.2. The Balaban J connectivity index is 0.853. The number of fused-ring (bicyclic) bond motifs is 1. The standard InChI is InChI=1S/C74H56N6S3/c1-9-25-55(26-10-1)77(56-27-11-2-12-28-56)63-47-53(48-64(51-63)78(57-29-13-3-14-30-57)58-31-15-4-16-32-58)69-43-45-71(81-69)67-41-42-68(74-73(67)75-83-76-74)72-46-44-70(82-72)54-49-65(79(59-33-17-5-18-34-59)60-35-19-6-20-36-60)52-66(50-54)80(61-37-21-7-22-38-61)62-39-23-8-24-40-62/h1-7,9-23,25-52,74,76H,8,24H2. The maximum absolute atomic E-state index is 5.13. The predicted octanol–water partition coefficient (Wildman–Crippen LogP) is 21.4. The summed E-state index contributed by atoms with van der Waals surface area (Å²) in [6.07, 6.45) is 13.6. The topological polar surface area (TPSA) is 37.4 Å². The molecule has 0 saturated carbocycles. The average molecular weight is 1130 g/mol. The molecule has 2 aromatic heterocycles. The van der Waals surface area contributed by atoms with Gasteiger partial charge in [0.25, 0.3) is 0 Å². The third kappa shape index (κ3) is 10.7. The molecule has 0 spiro atoms.